The summed E-state index contributed by atoms with van der Waals surface area (Å²) in [5, 5.41) is 0. The molecule has 1 aliphatic rings. The molecule has 138 valence electrons. The second kappa shape index (κ2) is 8.56. The van der Waals surface area contributed by atoms with Gasteiger partial charge in [0.2, 0.25) is 0 Å². The van der Waals surface area contributed by atoms with E-state index in [2.05, 4.69) is 0 Å². The van der Waals surface area contributed by atoms with E-state index >= 15 is 0 Å². The Morgan fingerprint density at radius 2 is 1.00 bits per heavy atom. The molecule has 7 heteroatoms. The second-order valence-corrected chi connectivity index (χ2v) is 6.79. The summed E-state index contributed by atoms with van der Waals surface area (Å²) in [7, 11) is 0. The highest BCUT2D eigenvalue weighted by molar-refractivity contribution is 5.11. The van der Waals surface area contributed by atoms with Crippen LogP contribution < -0.4 is 0 Å². The minimum atomic E-state index is -2.70. The van der Waals surface area contributed by atoms with Crippen LogP contribution in [-0.4, -0.2) is 46.7 Å². The first-order valence-corrected chi connectivity index (χ1v) is 7.95. The van der Waals surface area contributed by atoms with E-state index in [-0.39, 0.29) is 0 Å². The molecule has 0 aromatic carbocycles. The van der Waals surface area contributed by atoms with E-state index in [0.29, 0.717) is 25.7 Å². The molecule has 0 aliphatic heterocycles. The third-order valence-electron chi connectivity index (χ3n) is 6.06. The summed E-state index contributed by atoms with van der Waals surface area (Å²) in [6, 6.07) is 0. The van der Waals surface area contributed by atoms with Gasteiger partial charge in [0, 0.05) is 5.41 Å². The molecule has 0 N–H and O–H groups in total. The topological polar surface area (TPSA) is 0 Å². The summed E-state index contributed by atoms with van der Waals surface area (Å²) in [5.74, 6) is -0.762. The lowest BCUT2D eigenvalue weighted by molar-refractivity contribution is -0.188. The fraction of sp³-hybridized carbons (Fsp3) is 1.00. The molecule has 0 amide bonds. The average Bonchev–Trinajstić information content (AvgIpc) is 2.63. The first-order chi connectivity index (χ1) is 11.0. The van der Waals surface area contributed by atoms with Crippen LogP contribution in [0.25, 0.3) is 0 Å². The Bertz CT molecular complexity index is 321. The van der Waals surface area contributed by atoms with Gasteiger partial charge in [0.15, 0.2) is 0 Å². The molecule has 0 atom stereocenters. The fourth-order valence-electron chi connectivity index (χ4n) is 4.16. The van der Waals surface area contributed by atoms with E-state index in [1.165, 1.54) is 0 Å². The lowest BCUT2D eigenvalue weighted by Crippen LogP contribution is -2.64. The highest BCUT2D eigenvalue weighted by atomic mass is 19.2. The van der Waals surface area contributed by atoms with Crippen molar-refractivity contribution in [3.05, 3.63) is 0 Å². The van der Waals surface area contributed by atoms with Crippen molar-refractivity contribution in [3.63, 3.8) is 0 Å². The third kappa shape index (κ3) is 2.97. The van der Waals surface area contributed by atoms with Crippen molar-refractivity contribution in [2.24, 2.45) is 22.2 Å². The van der Waals surface area contributed by atoms with E-state index in [4.69, 9.17) is 0 Å². The van der Waals surface area contributed by atoms with Crippen LogP contribution in [0.15, 0.2) is 0 Å². The molecule has 0 spiro atoms. The molecule has 0 unspecified atom stereocenters. The molecule has 0 saturated heterocycles. The van der Waals surface area contributed by atoms with Crippen molar-refractivity contribution in [2.75, 3.05) is 46.7 Å². The average molecular weight is 350 g/mol. The maximum absolute atomic E-state index is 14.0. The minimum absolute atomic E-state index is 0.316. The first kappa shape index (κ1) is 20.6. The zero-order chi connectivity index (χ0) is 17.6. The van der Waals surface area contributed by atoms with E-state index in [9.17, 15) is 30.7 Å². The van der Waals surface area contributed by atoms with Crippen molar-refractivity contribution in [1.29, 1.82) is 0 Å². The Balaban J connectivity index is 3.51. The van der Waals surface area contributed by atoms with Crippen molar-refractivity contribution in [3.8, 4) is 0 Å². The fourth-order valence-corrected chi connectivity index (χ4v) is 4.16. The van der Waals surface area contributed by atoms with Gasteiger partial charge in [0.25, 0.3) is 0 Å². The lowest BCUT2D eigenvalue weighted by Gasteiger charge is -2.57. The van der Waals surface area contributed by atoms with Gasteiger partial charge in [-0.25, -0.2) is 0 Å². The molecule has 0 heterocycles. The monoisotopic (exact) mass is 350 g/mol. The Labute approximate surface area is 132 Å². The van der Waals surface area contributed by atoms with Crippen molar-refractivity contribution in [2.45, 2.75) is 32.1 Å². The Hall–Kier alpha value is -0.490. The minimum Gasteiger partial charge on any atom is -0.250 e. The zero-order valence-electron chi connectivity index (χ0n) is 13.2. The molecular weight excluding hydrogens is 325 g/mol. The molecule has 23 heavy (non-hydrogen) atoms. The molecule has 0 nitrogen and oxygen atoms in total. The molecule has 1 fully saturated rings. The Kier molecular flexibility index (Phi) is 7.65. The summed E-state index contributed by atoms with van der Waals surface area (Å²) >= 11 is 0. The molecule has 1 rings (SSSR count). The van der Waals surface area contributed by atoms with Gasteiger partial charge in [-0.05, 0) is 18.8 Å². The highest BCUT2D eigenvalue weighted by Crippen LogP contribution is 2.60. The normalized spacial score (nSPS) is 18.4. The second-order valence-electron chi connectivity index (χ2n) is 6.79. The van der Waals surface area contributed by atoms with Crippen LogP contribution in [-0.2, 0) is 0 Å². The molecular formula is C16H25F7. The number of hydrogen-bond acceptors (Lipinski definition) is 0. The third-order valence-corrected chi connectivity index (χ3v) is 6.06. The molecule has 1 saturated carbocycles. The van der Waals surface area contributed by atoms with Crippen LogP contribution in [0.5, 0.6) is 0 Å². The lowest BCUT2D eigenvalue weighted by atomic mass is 9.48. The number of alkyl halides is 7. The summed E-state index contributed by atoms with van der Waals surface area (Å²) < 4.78 is 96.3. The van der Waals surface area contributed by atoms with Crippen LogP contribution >= 0.6 is 0 Å². The largest absolute Gasteiger partial charge is 0.250 e. The summed E-state index contributed by atoms with van der Waals surface area (Å²) in [6.45, 7) is -11.5. The number of halogens is 7. The van der Waals surface area contributed by atoms with E-state index in [0.717, 1.165) is 6.42 Å². The smallest absolute Gasteiger partial charge is 0.101 e. The summed E-state index contributed by atoms with van der Waals surface area (Å²) in [4.78, 5) is 0. The number of hydrogen-bond donors (Lipinski definition) is 0. The van der Waals surface area contributed by atoms with Gasteiger partial charge in [-0.1, -0.05) is 19.3 Å². The van der Waals surface area contributed by atoms with Gasteiger partial charge < -0.3 is 0 Å². The molecule has 1 aliphatic carbocycles. The highest BCUT2D eigenvalue weighted by Gasteiger charge is 2.66. The van der Waals surface area contributed by atoms with E-state index in [1.807, 2.05) is 0 Å². The predicted octanol–water partition coefficient (Wildman–Crippen LogP) is 5.31. The van der Waals surface area contributed by atoms with Crippen LogP contribution in [0.1, 0.15) is 32.1 Å². The van der Waals surface area contributed by atoms with Crippen LogP contribution in [0.3, 0.4) is 0 Å². The predicted molar refractivity (Wildman–Crippen MR) is 75.7 cm³/mol. The van der Waals surface area contributed by atoms with Gasteiger partial charge in [0.05, 0.1) is 37.5 Å². The van der Waals surface area contributed by atoms with Gasteiger partial charge in [-0.2, -0.15) is 0 Å². The molecule has 0 bridgehead atoms. The Morgan fingerprint density at radius 3 is 1.30 bits per heavy atom. The van der Waals surface area contributed by atoms with E-state index < -0.39 is 68.9 Å². The summed E-state index contributed by atoms with van der Waals surface area (Å²) in [6.07, 6.45) is 2.70. The number of rotatable bonds is 10. The maximum Gasteiger partial charge on any atom is 0.101 e. The van der Waals surface area contributed by atoms with Crippen LogP contribution in [0, 0.1) is 22.2 Å². The van der Waals surface area contributed by atoms with Crippen LogP contribution in [0.2, 0.25) is 0 Å². The quantitative estimate of drug-likeness (QED) is 0.468. The van der Waals surface area contributed by atoms with Crippen molar-refractivity contribution < 1.29 is 30.7 Å². The van der Waals surface area contributed by atoms with Crippen LogP contribution in [0.4, 0.5) is 30.7 Å². The summed E-state index contributed by atoms with van der Waals surface area (Å²) in [5.41, 5.74) is -7.64. The Morgan fingerprint density at radius 1 is 0.565 bits per heavy atom. The van der Waals surface area contributed by atoms with E-state index in [1.54, 1.807) is 0 Å². The zero-order valence-corrected chi connectivity index (χ0v) is 13.2. The molecule has 0 aromatic rings. The first-order valence-electron chi connectivity index (χ1n) is 7.95. The SMILES string of the molecule is FCC(CF)(CF)C(CF)(CF)C(CF)(CF)C1CCCCC1. The van der Waals surface area contributed by atoms with Gasteiger partial charge in [-0.3, -0.25) is 30.7 Å². The van der Waals surface area contributed by atoms with Gasteiger partial charge in [0.1, 0.15) is 20.0 Å². The molecule has 0 radical (unpaired) electrons. The van der Waals surface area contributed by atoms with Gasteiger partial charge in [-0.15, -0.1) is 0 Å². The van der Waals surface area contributed by atoms with Crippen molar-refractivity contribution in [1.82, 2.24) is 0 Å². The van der Waals surface area contributed by atoms with Gasteiger partial charge >= 0.3 is 0 Å². The van der Waals surface area contributed by atoms with Crippen molar-refractivity contribution >= 4 is 0 Å². The standard InChI is InChI=1S/C16H25F7/c17-6-14(7-18,8-19)16(11-22,12-23)15(9-20,10-21)13-4-2-1-3-5-13/h13H,1-12H2. The maximum atomic E-state index is 14.0. The molecule has 0 aromatic heterocycles.